The first-order valence-corrected chi connectivity index (χ1v) is 6.73. The fourth-order valence-electron chi connectivity index (χ4n) is 2.80. The number of hydrogen-bond acceptors (Lipinski definition) is 1. The molecule has 0 aliphatic heterocycles. The molecule has 1 aromatic carbocycles. The number of fused-ring (bicyclic) bond motifs is 1. The number of nitrogens with zero attached hydrogens (tertiary/aromatic N) is 1. The highest BCUT2D eigenvalue weighted by Crippen LogP contribution is 2.21. The highest BCUT2D eigenvalue weighted by Gasteiger charge is 2.17. The van der Waals surface area contributed by atoms with Crippen LogP contribution in [0.2, 0.25) is 0 Å². The summed E-state index contributed by atoms with van der Waals surface area (Å²) in [5.41, 5.74) is 4.41. The zero-order valence-electron chi connectivity index (χ0n) is 10.9. The van der Waals surface area contributed by atoms with Gasteiger partial charge in [0.05, 0.1) is 0 Å². The summed E-state index contributed by atoms with van der Waals surface area (Å²) in [5.74, 6) is 0. The molecule has 0 fully saturated rings. The molecule has 0 bridgehead atoms. The van der Waals surface area contributed by atoms with Crippen molar-refractivity contribution in [2.24, 2.45) is 7.05 Å². The van der Waals surface area contributed by atoms with E-state index in [-0.39, 0.29) is 0 Å². The number of nitrogens with one attached hydrogen (secondary N) is 1. The minimum Gasteiger partial charge on any atom is -0.353 e. The van der Waals surface area contributed by atoms with E-state index >= 15 is 0 Å². The predicted octanol–water partition coefficient (Wildman–Crippen LogP) is 2.67. The predicted molar refractivity (Wildman–Crippen MR) is 74.5 cm³/mol. The van der Waals surface area contributed by atoms with Crippen LogP contribution in [0.4, 0.5) is 0 Å². The third-order valence-corrected chi connectivity index (χ3v) is 3.97. The summed E-state index contributed by atoms with van der Waals surface area (Å²) in [6.45, 7) is 0.969. The molecular formula is C16H20N2. The Bertz CT molecular complexity index is 527. The van der Waals surface area contributed by atoms with Gasteiger partial charge in [-0.1, -0.05) is 24.3 Å². The number of rotatable bonds is 3. The summed E-state index contributed by atoms with van der Waals surface area (Å²) < 4.78 is 2.18. The van der Waals surface area contributed by atoms with Gasteiger partial charge in [-0.25, -0.2) is 0 Å². The maximum absolute atomic E-state index is 3.68. The Morgan fingerprint density at radius 1 is 1.17 bits per heavy atom. The minimum atomic E-state index is 0.620. The molecule has 1 N–H and O–H groups in total. The van der Waals surface area contributed by atoms with E-state index in [1.165, 1.54) is 36.1 Å². The third-order valence-electron chi connectivity index (χ3n) is 3.97. The molecule has 1 atom stereocenters. The Morgan fingerprint density at radius 3 is 2.78 bits per heavy atom. The van der Waals surface area contributed by atoms with Crippen molar-refractivity contribution in [2.45, 2.75) is 31.8 Å². The van der Waals surface area contributed by atoms with Crippen LogP contribution in [0.15, 0.2) is 42.6 Å². The standard InChI is InChI=1S/C16H20N2/c1-18-10-4-7-16(18)12-17-15-9-8-13-5-2-3-6-14(13)11-15/h2-7,10,15,17H,8-9,11-12H2,1H3. The minimum absolute atomic E-state index is 0.620. The van der Waals surface area contributed by atoms with E-state index in [9.17, 15) is 0 Å². The van der Waals surface area contributed by atoms with Gasteiger partial charge in [0.25, 0.3) is 0 Å². The molecular weight excluding hydrogens is 220 g/mol. The largest absolute Gasteiger partial charge is 0.353 e. The summed E-state index contributed by atoms with van der Waals surface area (Å²) in [4.78, 5) is 0. The van der Waals surface area contributed by atoms with Gasteiger partial charge >= 0.3 is 0 Å². The summed E-state index contributed by atoms with van der Waals surface area (Å²) in [5, 5.41) is 3.68. The van der Waals surface area contributed by atoms with Gasteiger partial charge in [0.1, 0.15) is 0 Å². The van der Waals surface area contributed by atoms with E-state index in [0.717, 1.165) is 6.54 Å². The lowest BCUT2D eigenvalue weighted by Crippen LogP contribution is -2.34. The van der Waals surface area contributed by atoms with Crippen LogP contribution >= 0.6 is 0 Å². The molecule has 1 aliphatic rings. The Kier molecular flexibility index (Phi) is 3.20. The summed E-state index contributed by atoms with van der Waals surface area (Å²) in [6.07, 6.45) is 5.73. The Balaban J connectivity index is 1.61. The van der Waals surface area contributed by atoms with Gasteiger partial charge in [0, 0.05) is 31.5 Å². The molecule has 1 unspecified atom stereocenters. The molecule has 0 radical (unpaired) electrons. The average molecular weight is 240 g/mol. The lowest BCUT2D eigenvalue weighted by Gasteiger charge is -2.25. The molecule has 1 aromatic heterocycles. The highest BCUT2D eigenvalue weighted by atomic mass is 15.0. The van der Waals surface area contributed by atoms with Crippen molar-refractivity contribution >= 4 is 0 Å². The molecule has 2 aromatic rings. The molecule has 0 amide bonds. The van der Waals surface area contributed by atoms with E-state index in [4.69, 9.17) is 0 Å². The molecule has 1 aliphatic carbocycles. The first kappa shape index (κ1) is 11.5. The van der Waals surface area contributed by atoms with Crippen molar-refractivity contribution in [3.05, 3.63) is 59.4 Å². The van der Waals surface area contributed by atoms with Crippen molar-refractivity contribution in [1.29, 1.82) is 0 Å². The fourth-order valence-corrected chi connectivity index (χ4v) is 2.80. The third kappa shape index (κ3) is 2.34. The molecule has 1 heterocycles. The Labute approximate surface area is 109 Å². The normalized spacial score (nSPS) is 18.6. The van der Waals surface area contributed by atoms with Gasteiger partial charge in [-0.05, 0) is 42.5 Å². The van der Waals surface area contributed by atoms with Gasteiger partial charge in [0.2, 0.25) is 0 Å². The summed E-state index contributed by atoms with van der Waals surface area (Å²) in [7, 11) is 2.10. The van der Waals surface area contributed by atoms with Crippen molar-refractivity contribution in [2.75, 3.05) is 0 Å². The van der Waals surface area contributed by atoms with Gasteiger partial charge in [-0.2, -0.15) is 0 Å². The monoisotopic (exact) mass is 240 g/mol. The smallest absolute Gasteiger partial charge is 0.0361 e. The number of aromatic nitrogens is 1. The molecule has 0 saturated carbocycles. The van der Waals surface area contributed by atoms with Crippen molar-refractivity contribution in [1.82, 2.24) is 9.88 Å². The molecule has 3 rings (SSSR count). The summed E-state index contributed by atoms with van der Waals surface area (Å²) in [6, 6.07) is 13.7. The number of hydrogen-bond donors (Lipinski definition) is 1. The van der Waals surface area contributed by atoms with Gasteiger partial charge in [-0.15, -0.1) is 0 Å². The van der Waals surface area contributed by atoms with Crippen LogP contribution in [0.25, 0.3) is 0 Å². The Hall–Kier alpha value is -1.54. The zero-order valence-corrected chi connectivity index (χ0v) is 10.9. The van der Waals surface area contributed by atoms with Crippen LogP contribution in [0.5, 0.6) is 0 Å². The molecule has 94 valence electrons. The molecule has 18 heavy (non-hydrogen) atoms. The first-order chi connectivity index (χ1) is 8.83. The lowest BCUT2D eigenvalue weighted by atomic mass is 9.88. The number of benzene rings is 1. The van der Waals surface area contributed by atoms with Crippen LogP contribution in [0.3, 0.4) is 0 Å². The fraction of sp³-hybridized carbons (Fsp3) is 0.375. The van der Waals surface area contributed by atoms with Gasteiger partial charge < -0.3 is 9.88 Å². The van der Waals surface area contributed by atoms with Crippen LogP contribution in [0, 0.1) is 0 Å². The van der Waals surface area contributed by atoms with E-state index in [1.807, 2.05) is 0 Å². The zero-order chi connectivity index (χ0) is 12.4. The van der Waals surface area contributed by atoms with E-state index in [0.29, 0.717) is 6.04 Å². The van der Waals surface area contributed by atoms with Crippen LogP contribution in [0.1, 0.15) is 23.2 Å². The van der Waals surface area contributed by atoms with Crippen molar-refractivity contribution < 1.29 is 0 Å². The maximum atomic E-state index is 3.68. The van der Waals surface area contributed by atoms with Gasteiger partial charge in [0.15, 0.2) is 0 Å². The van der Waals surface area contributed by atoms with Crippen LogP contribution < -0.4 is 5.32 Å². The van der Waals surface area contributed by atoms with Gasteiger partial charge in [-0.3, -0.25) is 0 Å². The second-order valence-electron chi connectivity index (χ2n) is 5.20. The topological polar surface area (TPSA) is 17.0 Å². The molecule has 0 saturated heterocycles. The second kappa shape index (κ2) is 4.99. The lowest BCUT2D eigenvalue weighted by molar-refractivity contribution is 0.451. The maximum Gasteiger partial charge on any atom is 0.0361 e. The SMILES string of the molecule is Cn1cccc1CNC1CCc2ccccc2C1. The van der Waals surface area contributed by atoms with Crippen molar-refractivity contribution in [3.63, 3.8) is 0 Å². The quantitative estimate of drug-likeness (QED) is 0.873. The second-order valence-corrected chi connectivity index (χ2v) is 5.20. The Morgan fingerprint density at radius 2 is 2.00 bits per heavy atom. The first-order valence-electron chi connectivity index (χ1n) is 6.73. The highest BCUT2D eigenvalue weighted by molar-refractivity contribution is 5.30. The average Bonchev–Trinajstić information content (AvgIpc) is 2.82. The van der Waals surface area contributed by atoms with Crippen LogP contribution in [-0.2, 0) is 26.4 Å². The molecule has 0 spiro atoms. The van der Waals surface area contributed by atoms with E-state index in [2.05, 4.69) is 59.5 Å². The van der Waals surface area contributed by atoms with Crippen molar-refractivity contribution in [3.8, 4) is 0 Å². The molecule has 2 heteroatoms. The van der Waals surface area contributed by atoms with E-state index in [1.54, 1.807) is 0 Å². The van der Waals surface area contributed by atoms with E-state index < -0.39 is 0 Å². The molecule has 2 nitrogen and oxygen atoms in total. The van der Waals surface area contributed by atoms with Crippen LogP contribution in [-0.4, -0.2) is 10.6 Å². The number of aryl methyl sites for hydroxylation is 2. The summed E-state index contributed by atoms with van der Waals surface area (Å²) >= 11 is 0.